The van der Waals surface area contributed by atoms with Crippen molar-refractivity contribution in [2.45, 2.75) is 26.3 Å². The molecule has 1 aliphatic rings. The van der Waals surface area contributed by atoms with Gasteiger partial charge in [0, 0.05) is 12.6 Å². The summed E-state index contributed by atoms with van der Waals surface area (Å²) in [7, 11) is 2.00. The molecule has 1 saturated heterocycles. The number of hydrogen-bond acceptors (Lipinski definition) is 2. The van der Waals surface area contributed by atoms with E-state index in [1.165, 1.54) is 0 Å². The van der Waals surface area contributed by atoms with Gasteiger partial charge in [0.05, 0.1) is 5.92 Å². The maximum Gasteiger partial charge on any atom is 0.308 e. The molecular weight excluding hydrogens is 154 g/mol. The van der Waals surface area contributed by atoms with Gasteiger partial charge >= 0.3 is 5.97 Å². The molecule has 0 aromatic heterocycles. The summed E-state index contributed by atoms with van der Waals surface area (Å²) in [5.41, 5.74) is 0. The summed E-state index contributed by atoms with van der Waals surface area (Å²) < 4.78 is 0. The van der Waals surface area contributed by atoms with Crippen molar-refractivity contribution in [3.8, 4) is 0 Å². The fraction of sp³-hybridized carbons (Fsp3) is 0.889. The largest absolute Gasteiger partial charge is 0.481 e. The van der Waals surface area contributed by atoms with Crippen LogP contribution in [0.25, 0.3) is 0 Å². The maximum absolute atomic E-state index is 10.8. The van der Waals surface area contributed by atoms with E-state index in [0.717, 1.165) is 13.0 Å². The lowest BCUT2D eigenvalue weighted by atomic mass is 9.85. The Morgan fingerprint density at radius 2 is 2.08 bits per heavy atom. The molecule has 1 rings (SSSR count). The van der Waals surface area contributed by atoms with Crippen molar-refractivity contribution in [3.63, 3.8) is 0 Å². The average molecular weight is 171 g/mol. The first kappa shape index (κ1) is 9.52. The smallest absolute Gasteiger partial charge is 0.308 e. The molecule has 0 saturated carbocycles. The van der Waals surface area contributed by atoms with E-state index in [9.17, 15) is 4.79 Å². The molecule has 0 aromatic rings. The van der Waals surface area contributed by atoms with Crippen LogP contribution in [-0.4, -0.2) is 35.6 Å². The zero-order valence-corrected chi connectivity index (χ0v) is 7.95. The number of carboxylic acid groups (broad SMARTS) is 1. The monoisotopic (exact) mass is 171 g/mol. The molecule has 70 valence electrons. The van der Waals surface area contributed by atoms with Crippen molar-refractivity contribution < 1.29 is 9.90 Å². The molecule has 3 nitrogen and oxygen atoms in total. The van der Waals surface area contributed by atoms with Crippen molar-refractivity contribution in [1.82, 2.24) is 4.90 Å². The summed E-state index contributed by atoms with van der Waals surface area (Å²) in [4.78, 5) is 13.0. The zero-order valence-electron chi connectivity index (χ0n) is 7.95. The van der Waals surface area contributed by atoms with Crippen LogP contribution in [0.15, 0.2) is 0 Å². The van der Waals surface area contributed by atoms with Gasteiger partial charge in [0.1, 0.15) is 0 Å². The van der Waals surface area contributed by atoms with Crippen LogP contribution in [0.4, 0.5) is 0 Å². The first-order valence-electron chi connectivity index (χ1n) is 4.45. The van der Waals surface area contributed by atoms with Crippen molar-refractivity contribution in [2.24, 2.45) is 11.8 Å². The molecule has 1 heterocycles. The summed E-state index contributed by atoms with van der Waals surface area (Å²) in [6.07, 6.45) is 0.820. The molecule has 3 unspecified atom stereocenters. The quantitative estimate of drug-likeness (QED) is 0.641. The minimum atomic E-state index is -0.652. The molecule has 0 radical (unpaired) electrons. The highest BCUT2D eigenvalue weighted by molar-refractivity contribution is 5.71. The van der Waals surface area contributed by atoms with Gasteiger partial charge in [-0.1, -0.05) is 6.92 Å². The number of rotatable bonds is 1. The predicted molar refractivity (Wildman–Crippen MR) is 47.0 cm³/mol. The lowest BCUT2D eigenvalue weighted by Crippen LogP contribution is -2.46. The Labute approximate surface area is 73.4 Å². The van der Waals surface area contributed by atoms with Gasteiger partial charge in [-0.05, 0) is 26.3 Å². The summed E-state index contributed by atoms with van der Waals surface area (Å²) >= 11 is 0. The predicted octanol–water partition coefficient (Wildman–Crippen LogP) is 1.05. The fourth-order valence-electron chi connectivity index (χ4n) is 1.98. The maximum atomic E-state index is 10.8. The van der Waals surface area contributed by atoms with Gasteiger partial charge in [-0.25, -0.2) is 0 Å². The van der Waals surface area contributed by atoms with E-state index >= 15 is 0 Å². The SMILES string of the molecule is CC1CC(C(=O)O)C(C)N(C)C1. The molecule has 0 aromatic carbocycles. The fourth-order valence-corrected chi connectivity index (χ4v) is 1.98. The first-order chi connectivity index (χ1) is 5.52. The summed E-state index contributed by atoms with van der Waals surface area (Å²) in [5.74, 6) is -0.327. The van der Waals surface area contributed by atoms with E-state index in [2.05, 4.69) is 11.8 Å². The van der Waals surface area contributed by atoms with Gasteiger partial charge in [-0.3, -0.25) is 4.79 Å². The Kier molecular flexibility index (Phi) is 2.73. The summed E-state index contributed by atoms with van der Waals surface area (Å²) in [5, 5.41) is 8.92. The van der Waals surface area contributed by atoms with Gasteiger partial charge in [0.25, 0.3) is 0 Å². The van der Waals surface area contributed by atoms with E-state index < -0.39 is 5.97 Å². The molecule has 1 aliphatic heterocycles. The number of piperidine rings is 1. The zero-order chi connectivity index (χ0) is 9.30. The third-order valence-electron chi connectivity index (χ3n) is 2.85. The molecule has 1 N–H and O–H groups in total. The minimum absolute atomic E-state index is 0.179. The third kappa shape index (κ3) is 1.78. The number of aliphatic carboxylic acids is 1. The van der Waals surface area contributed by atoms with E-state index in [1.54, 1.807) is 0 Å². The topological polar surface area (TPSA) is 40.5 Å². The van der Waals surface area contributed by atoms with Crippen LogP contribution in [0.2, 0.25) is 0 Å². The lowest BCUT2D eigenvalue weighted by molar-refractivity contribution is -0.146. The van der Waals surface area contributed by atoms with E-state index in [4.69, 9.17) is 5.11 Å². The van der Waals surface area contributed by atoms with Crippen molar-refractivity contribution in [3.05, 3.63) is 0 Å². The Balaban J connectivity index is 2.66. The number of hydrogen-bond donors (Lipinski definition) is 1. The second kappa shape index (κ2) is 3.44. The molecule has 0 aliphatic carbocycles. The van der Waals surface area contributed by atoms with Gasteiger partial charge < -0.3 is 10.0 Å². The number of carboxylic acids is 1. The Morgan fingerprint density at radius 3 is 2.58 bits per heavy atom. The molecule has 1 fully saturated rings. The van der Waals surface area contributed by atoms with Crippen LogP contribution in [0.5, 0.6) is 0 Å². The van der Waals surface area contributed by atoms with E-state index in [-0.39, 0.29) is 12.0 Å². The standard InChI is InChI=1S/C9H17NO2/c1-6-4-8(9(11)12)7(2)10(3)5-6/h6-8H,4-5H2,1-3H3,(H,11,12). The van der Waals surface area contributed by atoms with Crippen molar-refractivity contribution in [2.75, 3.05) is 13.6 Å². The van der Waals surface area contributed by atoms with Crippen molar-refractivity contribution >= 4 is 5.97 Å². The van der Waals surface area contributed by atoms with Gasteiger partial charge in [0.15, 0.2) is 0 Å². The summed E-state index contributed by atoms with van der Waals surface area (Å²) in [6.45, 7) is 5.12. The number of carbonyl (C=O) groups is 1. The second-order valence-corrected chi connectivity index (χ2v) is 3.97. The highest BCUT2D eigenvalue weighted by Gasteiger charge is 2.33. The van der Waals surface area contributed by atoms with Gasteiger partial charge in [0.2, 0.25) is 0 Å². The van der Waals surface area contributed by atoms with E-state index in [1.807, 2.05) is 14.0 Å². The molecule has 0 spiro atoms. The van der Waals surface area contributed by atoms with Crippen LogP contribution < -0.4 is 0 Å². The average Bonchev–Trinajstić information content (AvgIpc) is 1.96. The second-order valence-electron chi connectivity index (χ2n) is 3.97. The third-order valence-corrected chi connectivity index (χ3v) is 2.85. The van der Waals surface area contributed by atoms with Crippen LogP contribution in [0.1, 0.15) is 20.3 Å². The van der Waals surface area contributed by atoms with Gasteiger partial charge in [-0.15, -0.1) is 0 Å². The van der Waals surface area contributed by atoms with Crippen LogP contribution >= 0.6 is 0 Å². The van der Waals surface area contributed by atoms with Crippen LogP contribution in [0.3, 0.4) is 0 Å². The molecule has 3 heteroatoms. The van der Waals surface area contributed by atoms with Gasteiger partial charge in [-0.2, -0.15) is 0 Å². The Morgan fingerprint density at radius 1 is 1.50 bits per heavy atom. The normalized spacial score (nSPS) is 38.1. The number of likely N-dealkylation sites (tertiary alicyclic amines) is 1. The Bertz CT molecular complexity index is 181. The molecular formula is C9H17NO2. The molecule has 0 bridgehead atoms. The highest BCUT2D eigenvalue weighted by atomic mass is 16.4. The van der Waals surface area contributed by atoms with Crippen molar-refractivity contribution in [1.29, 1.82) is 0 Å². The summed E-state index contributed by atoms with van der Waals surface area (Å²) in [6, 6.07) is 0.179. The number of nitrogens with zero attached hydrogens (tertiary/aromatic N) is 1. The molecule has 3 atom stereocenters. The van der Waals surface area contributed by atoms with Crippen LogP contribution in [0, 0.1) is 11.8 Å². The molecule has 0 amide bonds. The minimum Gasteiger partial charge on any atom is -0.481 e. The van der Waals surface area contributed by atoms with Crippen LogP contribution in [-0.2, 0) is 4.79 Å². The highest BCUT2D eigenvalue weighted by Crippen LogP contribution is 2.25. The Hall–Kier alpha value is -0.570. The van der Waals surface area contributed by atoms with E-state index in [0.29, 0.717) is 5.92 Å². The molecule has 12 heavy (non-hydrogen) atoms. The first-order valence-corrected chi connectivity index (χ1v) is 4.45. The lowest BCUT2D eigenvalue weighted by Gasteiger charge is -2.38.